The summed E-state index contributed by atoms with van der Waals surface area (Å²) in [5, 5.41) is 10.1. The number of benzene rings is 1. The lowest BCUT2D eigenvalue weighted by molar-refractivity contribution is 0.400. The summed E-state index contributed by atoms with van der Waals surface area (Å²) in [5.74, 6) is 2.31. The summed E-state index contributed by atoms with van der Waals surface area (Å²) in [6.45, 7) is 2.44. The van der Waals surface area contributed by atoms with Crippen LogP contribution in [0.4, 0.5) is 23.1 Å². The molecule has 0 unspecified atom stereocenters. The molecule has 0 spiro atoms. The van der Waals surface area contributed by atoms with Crippen molar-refractivity contribution in [2.24, 2.45) is 0 Å². The third-order valence-electron chi connectivity index (χ3n) is 3.06. The van der Waals surface area contributed by atoms with Crippen LogP contribution in [0.25, 0.3) is 0 Å². The standard InChI is InChI=1S/C15H16N6O/c1-10-7-12(21-22-10)20-15-13(16)14(18-9-19-15)17-8-11-5-3-2-4-6-11/h2-7,9H,8,16H2,1H3,(H2,17,18,19,20,21). The molecule has 1 aromatic carbocycles. The number of aryl methyl sites for hydroxylation is 1. The van der Waals surface area contributed by atoms with Gasteiger partial charge in [-0.2, -0.15) is 0 Å². The van der Waals surface area contributed by atoms with E-state index in [0.717, 1.165) is 5.56 Å². The topological polar surface area (TPSA) is 102 Å². The molecular weight excluding hydrogens is 280 g/mol. The summed E-state index contributed by atoms with van der Waals surface area (Å²) in [6.07, 6.45) is 1.44. The van der Waals surface area contributed by atoms with E-state index in [1.54, 1.807) is 6.07 Å². The summed E-state index contributed by atoms with van der Waals surface area (Å²) in [5.41, 5.74) is 7.66. The van der Waals surface area contributed by atoms with Crippen molar-refractivity contribution in [1.29, 1.82) is 0 Å². The number of nitrogen functional groups attached to an aromatic ring is 1. The Hall–Kier alpha value is -3.09. The van der Waals surface area contributed by atoms with Crippen molar-refractivity contribution in [2.45, 2.75) is 13.5 Å². The lowest BCUT2D eigenvalue weighted by atomic mass is 10.2. The fourth-order valence-corrected chi connectivity index (χ4v) is 1.96. The molecule has 0 saturated carbocycles. The number of nitrogens with one attached hydrogen (secondary N) is 2. The summed E-state index contributed by atoms with van der Waals surface area (Å²) in [7, 11) is 0. The number of hydrogen-bond acceptors (Lipinski definition) is 7. The molecule has 3 aromatic rings. The van der Waals surface area contributed by atoms with Gasteiger partial charge in [-0.15, -0.1) is 0 Å². The summed E-state index contributed by atoms with van der Waals surface area (Å²) in [6, 6.07) is 11.8. The second kappa shape index (κ2) is 6.13. The molecule has 7 nitrogen and oxygen atoms in total. The van der Waals surface area contributed by atoms with Crippen molar-refractivity contribution in [1.82, 2.24) is 15.1 Å². The van der Waals surface area contributed by atoms with E-state index < -0.39 is 0 Å². The maximum Gasteiger partial charge on any atom is 0.175 e. The van der Waals surface area contributed by atoms with Gasteiger partial charge in [-0.3, -0.25) is 0 Å². The van der Waals surface area contributed by atoms with Crippen molar-refractivity contribution < 1.29 is 4.52 Å². The van der Waals surface area contributed by atoms with Gasteiger partial charge in [0.05, 0.1) is 0 Å². The molecule has 2 heterocycles. The second-order valence-electron chi connectivity index (χ2n) is 4.77. The SMILES string of the molecule is Cc1cc(Nc2ncnc(NCc3ccccc3)c2N)no1. The molecule has 0 amide bonds. The average Bonchev–Trinajstić information content (AvgIpc) is 2.94. The van der Waals surface area contributed by atoms with Gasteiger partial charge >= 0.3 is 0 Å². The van der Waals surface area contributed by atoms with Gasteiger partial charge in [0.1, 0.15) is 17.8 Å². The Kier molecular flexibility index (Phi) is 3.86. The van der Waals surface area contributed by atoms with Crippen molar-refractivity contribution in [3.8, 4) is 0 Å². The van der Waals surface area contributed by atoms with Crippen LogP contribution in [0, 0.1) is 6.92 Å². The summed E-state index contributed by atoms with van der Waals surface area (Å²) >= 11 is 0. The zero-order valence-electron chi connectivity index (χ0n) is 12.1. The van der Waals surface area contributed by atoms with Crippen LogP contribution in [-0.2, 0) is 6.54 Å². The van der Waals surface area contributed by atoms with Crippen LogP contribution in [0.5, 0.6) is 0 Å². The smallest absolute Gasteiger partial charge is 0.175 e. The van der Waals surface area contributed by atoms with Crippen molar-refractivity contribution in [2.75, 3.05) is 16.4 Å². The molecule has 7 heteroatoms. The Morgan fingerprint density at radius 1 is 1.14 bits per heavy atom. The minimum Gasteiger partial charge on any atom is -0.393 e. The van der Waals surface area contributed by atoms with Gasteiger partial charge in [0.25, 0.3) is 0 Å². The average molecular weight is 296 g/mol. The first kappa shape index (κ1) is 13.9. The van der Waals surface area contributed by atoms with Crippen LogP contribution in [0.1, 0.15) is 11.3 Å². The normalized spacial score (nSPS) is 10.4. The molecule has 0 aliphatic rings. The van der Waals surface area contributed by atoms with E-state index in [-0.39, 0.29) is 0 Å². The molecule has 0 atom stereocenters. The molecule has 2 aromatic heterocycles. The summed E-state index contributed by atoms with van der Waals surface area (Å²) in [4.78, 5) is 8.30. The molecule has 22 heavy (non-hydrogen) atoms. The highest BCUT2D eigenvalue weighted by Gasteiger charge is 2.10. The third-order valence-corrected chi connectivity index (χ3v) is 3.06. The maximum absolute atomic E-state index is 6.09. The van der Waals surface area contributed by atoms with Crippen molar-refractivity contribution >= 4 is 23.1 Å². The number of anilines is 4. The van der Waals surface area contributed by atoms with Gasteiger partial charge in [-0.25, -0.2) is 9.97 Å². The Morgan fingerprint density at radius 2 is 1.91 bits per heavy atom. The first-order chi connectivity index (χ1) is 10.7. The second-order valence-corrected chi connectivity index (χ2v) is 4.77. The number of nitrogens with zero attached hydrogens (tertiary/aromatic N) is 3. The van der Waals surface area contributed by atoms with E-state index in [9.17, 15) is 0 Å². The Labute approximate surface area is 127 Å². The first-order valence-electron chi connectivity index (χ1n) is 6.81. The van der Waals surface area contributed by atoms with Crippen LogP contribution in [0.15, 0.2) is 47.2 Å². The Balaban J connectivity index is 1.74. The Morgan fingerprint density at radius 3 is 2.64 bits per heavy atom. The van der Waals surface area contributed by atoms with Gasteiger partial charge in [0.2, 0.25) is 0 Å². The van der Waals surface area contributed by atoms with Crippen LogP contribution in [0.3, 0.4) is 0 Å². The molecule has 0 fully saturated rings. The Bertz CT molecular complexity index is 756. The van der Waals surface area contributed by atoms with Crippen LogP contribution in [0.2, 0.25) is 0 Å². The number of rotatable bonds is 5. The lowest BCUT2D eigenvalue weighted by Crippen LogP contribution is -2.08. The molecule has 4 N–H and O–H groups in total. The van der Waals surface area contributed by atoms with Crippen molar-refractivity contribution in [3.63, 3.8) is 0 Å². The quantitative estimate of drug-likeness (QED) is 0.665. The monoisotopic (exact) mass is 296 g/mol. The van der Waals surface area contributed by atoms with E-state index in [2.05, 4.69) is 25.8 Å². The van der Waals surface area contributed by atoms with E-state index in [1.165, 1.54) is 6.33 Å². The highest BCUT2D eigenvalue weighted by molar-refractivity contribution is 5.76. The fourth-order valence-electron chi connectivity index (χ4n) is 1.96. The van der Waals surface area contributed by atoms with E-state index in [1.807, 2.05) is 37.3 Å². The van der Waals surface area contributed by atoms with Gasteiger partial charge in [-0.05, 0) is 12.5 Å². The molecular formula is C15H16N6O. The van der Waals surface area contributed by atoms with Crippen LogP contribution in [-0.4, -0.2) is 15.1 Å². The van der Waals surface area contributed by atoms with Gasteiger partial charge in [-0.1, -0.05) is 35.5 Å². The predicted molar refractivity (Wildman–Crippen MR) is 84.7 cm³/mol. The largest absolute Gasteiger partial charge is 0.393 e. The lowest BCUT2D eigenvalue weighted by Gasteiger charge is -2.11. The van der Waals surface area contributed by atoms with Crippen molar-refractivity contribution in [3.05, 3.63) is 54.0 Å². The maximum atomic E-state index is 6.09. The van der Waals surface area contributed by atoms with Crippen LogP contribution >= 0.6 is 0 Å². The molecule has 3 rings (SSSR count). The van der Waals surface area contributed by atoms with E-state index in [4.69, 9.17) is 10.3 Å². The predicted octanol–water partition coefficient (Wildman–Crippen LogP) is 2.71. The molecule has 0 saturated heterocycles. The molecule has 0 radical (unpaired) electrons. The van der Waals surface area contributed by atoms with Crippen LogP contribution < -0.4 is 16.4 Å². The van der Waals surface area contributed by atoms with E-state index >= 15 is 0 Å². The minimum absolute atomic E-state index is 0.430. The minimum atomic E-state index is 0.430. The highest BCUT2D eigenvalue weighted by atomic mass is 16.5. The number of nitrogens with two attached hydrogens (primary N) is 1. The zero-order valence-corrected chi connectivity index (χ0v) is 12.1. The molecule has 0 aliphatic carbocycles. The molecule has 0 aliphatic heterocycles. The first-order valence-corrected chi connectivity index (χ1v) is 6.81. The number of hydrogen-bond donors (Lipinski definition) is 3. The molecule has 112 valence electrons. The van der Waals surface area contributed by atoms with Gasteiger partial charge in [0.15, 0.2) is 17.5 Å². The zero-order chi connectivity index (χ0) is 15.4. The van der Waals surface area contributed by atoms with E-state index in [0.29, 0.717) is 35.4 Å². The third kappa shape index (κ3) is 3.14. The van der Waals surface area contributed by atoms with Gasteiger partial charge in [0, 0.05) is 12.6 Å². The fraction of sp³-hybridized carbons (Fsp3) is 0.133. The highest BCUT2D eigenvalue weighted by Crippen LogP contribution is 2.25. The van der Waals surface area contributed by atoms with Gasteiger partial charge < -0.3 is 20.9 Å². The summed E-state index contributed by atoms with van der Waals surface area (Å²) < 4.78 is 5.00. The number of aromatic nitrogens is 3. The molecule has 0 bridgehead atoms.